The van der Waals surface area contributed by atoms with Crippen molar-refractivity contribution >= 4 is 47.4 Å². The summed E-state index contributed by atoms with van der Waals surface area (Å²) in [5, 5.41) is 4.01. The molecule has 1 aliphatic rings. The molecular weight excluding hydrogens is 335 g/mol. The first-order valence-electron chi connectivity index (χ1n) is 7.63. The fraction of sp³-hybridized carbons (Fsp3) is 0.500. The van der Waals surface area contributed by atoms with Crippen LogP contribution in [0.4, 0.5) is 5.69 Å². The summed E-state index contributed by atoms with van der Waals surface area (Å²) in [6.07, 6.45) is 7.50. The summed E-state index contributed by atoms with van der Waals surface area (Å²) >= 11 is 0. The largest absolute Gasteiger partial charge is 0.346 e. The number of H-pyrrole nitrogens is 1. The number of amides is 1. The number of nitrogens with two attached hydrogens (primary N) is 1. The predicted octanol–water partition coefficient (Wildman–Crippen LogP) is 3.50. The first kappa shape index (κ1) is 19.7. The van der Waals surface area contributed by atoms with Crippen LogP contribution in [0.1, 0.15) is 32.6 Å². The SMILES string of the molecule is CC(N)C1CCC(C(=O)Nc2ccnc3[nH]ccc23)CC1.Cl.Cl. The summed E-state index contributed by atoms with van der Waals surface area (Å²) in [5.74, 6) is 0.778. The molecule has 1 aliphatic carbocycles. The van der Waals surface area contributed by atoms with Crippen molar-refractivity contribution in [3.05, 3.63) is 24.5 Å². The number of nitrogens with one attached hydrogen (secondary N) is 2. The minimum atomic E-state index is 0. The van der Waals surface area contributed by atoms with Crippen molar-refractivity contribution in [2.75, 3.05) is 5.32 Å². The van der Waals surface area contributed by atoms with Gasteiger partial charge in [-0.3, -0.25) is 4.79 Å². The Morgan fingerprint density at radius 2 is 2.00 bits per heavy atom. The maximum atomic E-state index is 12.4. The van der Waals surface area contributed by atoms with Crippen LogP contribution < -0.4 is 11.1 Å². The van der Waals surface area contributed by atoms with E-state index in [2.05, 4.69) is 22.2 Å². The zero-order valence-electron chi connectivity index (χ0n) is 13.1. The molecule has 1 atom stereocenters. The normalized spacial score (nSPS) is 21.8. The summed E-state index contributed by atoms with van der Waals surface area (Å²) in [5.41, 5.74) is 7.59. The number of rotatable bonds is 3. The Balaban J connectivity index is 0.00000132. The summed E-state index contributed by atoms with van der Waals surface area (Å²) in [7, 11) is 0. The second-order valence-corrected chi connectivity index (χ2v) is 6.06. The van der Waals surface area contributed by atoms with E-state index in [0.29, 0.717) is 5.92 Å². The molecular formula is C16H24Cl2N4O. The predicted molar refractivity (Wildman–Crippen MR) is 98.3 cm³/mol. The summed E-state index contributed by atoms with van der Waals surface area (Å²) in [4.78, 5) is 19.7. The van der Waals surface area contributed by atoms with E-state index in [1.807, 2.05) is 18.3 Å². The number of hydrogen-bond donors (Lipinski definition) is 3. The molecule has 0 bridgehead atoms. The molecule has 1 saturated carbocycles. The Hall–Kier alpha value is -1.30. The molecule has 1 fully saturated rings. The van der Waals surface area contributed by atoms with Crippen molar-refractivity contribution in [2.24, 2.45) is 17.6 Å². The Morgan fingerprint density at radius 3 is 2.65 bits per heavy atom. The number of nitrogens with zero attached hydrogens (tertiary/aromatic N) is 1. The molecule has 0 spiro atoms. The fourth-order valence-corrected chi connectivity index (χ4v) is 3.21. The van der Waals surface area contributed by atoms with Gasteiger partial charge in [0.15, 0.2) is 0 Å². The van der Waals surface area contributed by atoms with Gasteiger partial charge in [-0.05, 0) is 50.7 Å². The first-order chi connectivity index (χ1) is 10.1. The van der Waals surface area contributed by atoms with Crippen LogP contribution in [-0.4, -0.2) is 21.9 Å². The van der Waals surface area contributed by atoms with E-state index in [9.17, 15) is 4.79 Å². The number of fused-ring (bicyclic) bond motifs is 1. The molecule has 0 aromatic carbocycles. The fourth-order valence-electron chi connectivity index (χ4n) is 3.21. The molecule has 0 saturated heterocycles. The average molecular weight is 359 g/mol. The molecule has 0 aliphatic heterocycles. The van der Waals surface area contributed by atoms with Gasteiger partial charge < -0.3 is 16.0 Å². The molecule has 1 unspecified atom stereocenters. The van der Waals surface area contributed by atoms with Crippen LogP contribution in [0.5, 0.6) is 0 Å². The number of aromatic nitrogens is 2. The lowest BCUT2D eigenvalue weighted by molar-refractivity contribution is -0.121. The van der Waals surface area contributed by atoms with Gasteiger partial charge in [-0.1, -0.05) is 0 Å². The number of anilines is 1. The van der Waals surface area contributed by atoms with Gasteiger partial charge >= 0.3 is 0 Å². The van der Waals surface area contributed by atoms with Crippen molar-refractivity contribution < 1.29 is 4.79 Å². The third-order valence-electron chi connectivity index (χ3n) is 4.60. The Labute approximate surface area is 148 Å². The lowest BCUT2D eigenvalue weighted by atomic mass is 9.79. The third kappa shape index (κ3) is 4.37. The lowest BCUT2D eigenvalue weighted by Crippen LogP contribution is -2.33. The second-order valence-electron chi connectivity index (χ2n) is 6.06. The molecule has 23 heavy (non-hydrogen) atoms. The van der Waals surface area contributed by atoms with Crippen LogP contribution in [0.25, 0.3) is 11.0 Å². The Kier molecular flexibility index (Phi) is 7.32. The quantitative estimate of drug-likeness (QED) is 0.784. The minimum Gasteiger partial charge on any atom is -0.346 e. The zero-order valence-corrected chi connectivity index (χ0v) is 14.8. The molecule has 128 valence electrons. The van der Waals surface area contributed by atoms with Gasteiger partial charge in [-0.25, -0.2) is 4.98 Å². The smallest absolute Gasteiger partial charge is 0.227 e. The summed E-state index contributed by atoms with van der Waals surface area (Å²) in [6.45, 7) is 2.06. The van der Waals surface area contributed by atoms with Gasteiger partial charge in [0.05, 0.1) is 5.69 Å². The van der Waals surface area contributed by atoms with Crippen molar-refractivity contribution in [1.29, 1.82) is 0 Å². The monoisotopic (exact) mass is 358 g/mol. The summed E-state index contributed by atoms with van der Waals surface area (Å²) in [6, 6.07) is 4.01. The molecule has 2 aromatic heterocycles. The lowest BCUT2D eigenvalue weighted by Gasteiger charge is -2.30. The molecule has 1 amide bonds. The Morgan fingerprint density at radius 1 is 1.30 bits per heavy atom. The van der Waals surface area contributed by atoms with Crippen LogP contribution in [0.2, 0.25) is 0 Å². The molecule has 3 rings (SSSR count). The number of carbonyl (C=O) groups is 1. The van der Waals surface area contributed by atoms with Gasteiger partial charge in [0.2, 0.25) is 5.91 Å². The van der Waals surface area contributed by atoms with E-state index in [0.717, 1.165) is 42.4 Å². The minimum absolute atomic E-state index is 0. The number of pyridine rings is 1. The highest BCUT2D eigenvalue weighted by Gasteiger charge is 2.28. The van der Waals surface area contributed by atoms with E-state index in [-0.39, 0.29) is 42.7 Å². The summed E-state index contributed by atoms with van der Waals surface area (Å²) < 4.78 is 0. The van der Waals surface area contributed by atoms with E-state index >= 15 is 0 Å². The highest BCUT2D eigenvalue weighted by Crippen LogP contribution is 2.31. The standard InChI is InChI=1S/C16H22N4O.2ClH/c1-10(17)11-2-4-12(5-3-11)16(21)20-14-7-9-19-15-13(14)6-8-18-15;;/h6-12H,2-5,17H2,1H3,(H2,18,19,20,21);2*1H. The van der Waals surface area contributed by atoms with Crippen molar-refractivity contribution in [1.82, 2.24) is 9.97 Å². The molecule has 2 heterocycles. The first-order valence-corrected chi connectivity index (χ1v) is 7.63. The van der Waals surface area contributed by atoms with Crippen LogP contribution in [-0.2, 0) is 4.79 Å². The van der Waals surface area contributed by atoms with Crippen LogP contribution in [0.15, 0.2) is 24.5 Å². The van der Waals surface area contributed by atoms with Crippen LogP contribution >= 0.6 is 24.8 Å². The number of halogens is 2. The average Bonchev–Trinajstić information content (AvgIpc) is 2.97. The molecule has 2 aromatic rings. The van der Waals surface area contributed by atoms with Crippen LogP contribution in [0.3, 0.4) is 0 Å². The highest BCUT2D eigenvalue weighted by atomic mass is 35.5. The van der Waals surface area contributed by atoms with Crippen LogP contribution in [0, 0.1) is 11.8 Å². The topological polar surface area (TPSA) is 83.8 Å². The van der Waals surface area contributed by atoms with Crippen molar-refractivity contribution in [2.45, 2.75) is 38.6 Å². The molecule has 5 nitrogen and oxygen atoms in total. The number of hydrogen-bond acceptors (Lipinski definition) is 3. The number of aromatic amines is 1. The van der Waals surface area contributed by atoms with Gasteiger partial charge in [0, 0.05) is 29.7 Å². The van der Waals surface area contributed by atoms with Gasteiger partial charge in [-0.15, -0.1) is 24.8 Å². The van der Waals surface area contributed by atoms with E-state index < -0.39 is 0 Å². The van der Waals surface area contributed by atoms with Crippen molar-refractivity contribution in [3.63, 3.8) is 0 Å². The van der Waals surface area contributed by atoms with E-state index in [1.54, 1.807) is 6.20 Å². The van der Waals surface area contributed by atoms with E-state index in [4.69, 9.17) is 5.73 Å². The molecule has 4 N–H and O–H groups in total. The Bertz CT molecular complexity index is 636. The maximum Gasteiger partial charge on any atom is 0.227 e. The maximum absolute atomic E-state index is 12.4. The van der Waals surface area contributed by atoms with Gasteiger partial charge in [0.25, 0.3) is 0 Å². The van der Waals surface area contributed by atoms with Gasteiger partial charge in [-0.2, -0.15) is 0 Å². The molecule has 7 heteroatoms. The zero-order chi connectivity index (χ0) is 14.8. The van der Waals surface area contributed by atoms with Gasteiger partial charge in [0.1, 0.15) is 5.65 Å². The van der Waals surface area contributed by atoms with Crippen molar-refractivity contribution in [3.8, 4) is 0 Å². The third-order valence-corrected chi connectivity index (χ3v) is 4.60. The second kappa shape index (κ2) is 8.52. The highest BCUT2D eigenvalue weighted by molar-refractivity contribution is 6.00. The van der Waals surface area contributed by atoms with E-state index in [1.165, 1.54) is 0 Å². The molecule has 0 radical (unpaired) electrons. The number of carbonyl (C=O) groups excluding carboxylic acids is 1.